The van der Waals surface area contributed by atoms with Crippen molar-refractivity contribution in [3.63, 3.8) is 0 Å². The molecule has 1 aliphatic rings. The quantitative estimate of drug-likeness (QED) is 0.800. The molecule has 1 rings (SSSR count). The summed E-state index contributed by atoms with van der Waals surface area (Å²) in [4.78, 5) is 25.5. The molecule has 0 aromatic rings. The van der Waals surface area contributed by atoms with Crippen LogP contribution >= 0.6 is 0 Å². The fraction of sp³-hybridized carbons (Fsp3) is 0.846. The second-order valence-corrected chi connectivity index (χ2v) is 6.25. The van der Waals surface area contributed by atoms with Gasteiger partial charge in [-0.05, 0) is 47.5 Å². The monoisotopic (exact) mass is 255 g/mol. The highest BCUT2D eigenvalue weighted by molar-refractivity contribution is 5.95. The lowest BCUT2D eigenvalue weighted by Crippen LogP contribution is -2.51. The van der Waals surface area contributed by atoms with E-state index in [0.717, 1.165) is 12.8 Å². The minimum Gasteiger partial charge on any atom is -0.333 e. The maximum absolute atomic E-state index is 11.8. The van der Waals surface area contributed by atoms with Crippen molar-refractivity contribution in [3.05, 3.63) is 0 Å². The van der Waals surface area contributed by atoms with Crippen LogP contribution in [0.2, 0.25) is 0 Å². The minimum atomic E-state index is -0.424. The Labute approximate surface area is 109 Å². The van der Waals surface area contributed by atoms with Crippen LogP contribution in [0.25, 0.3) is 0 Å². The van der Waals surface area contributed by atoms with E-state index >= 15 is 0 Å². The SMILES string of the molecule is CC(C)N(CC(=O)NC(=O)NC(C)(C)C)C1CC1. The van der Waals surface area contributed by atoms with E-state index in [2.05, 4.69) is 29.4 Å². The molecule has 0 heterocycles. The molecule has 0 aliphatic heterocycles. The van der Waals surface area contributed by atoms with Crippen molar-refractivity contribution < 1.29 is 9.59 Å². The van der Waals surface area contributed by atoms with Crippen molar-refractivity contribution in [2.24, 2.45) is 0 Å². The van der Waals surface area contributed by atoms with E-state index in [9.17, 15) is 9.59 Å². The van der Waals surface area contributed by atoms with E-state index in [4.69, 9.17) is 0 Å². The third-order valence-corrected chi connectivity index (χ3v) is 2.75. The van der Waals surface area contributed by atoms with Gasteiger partial charge in [-0.25, -0.2) is 4.79 Å². The molecule has 0 spiro atoms. The molecule has 5 heteroatoms. The first-order valence-corrected chi connectivity index (χ1v) is 6.57. The highest BCUT2D eigenvalue weighted by Crippen LogP contribution is 2.28. The van der Waals surface area contributed by atoms with Gasteiger partial charge in [-0.1, -0.05) is 0 Å². The molecule has 1 aliphatic carbocycles. The number of nitrogens with zero attached hydrogens (tertiary/aromatic N) is 1. The van der Waals surface area contributed by atoms with Gasteiger partial charge < -0.3 is 5.32 Å². The smallest absolute Gasteiger partial charge is 0.321 e. The van der Waals surface area contributed by atoms with Gasteiger partial charge >= 0.3 is 6.03 Å². The molecule has 5 nitrogen and oxygen atoms in total. The van der Waals surface area contributed by atoms with Gasteiger partial charge in [0, 0.05) is 17.6 Å². The first-order chi connectivity index (χ1) is 8.19. The number of carbonyl (C=O) groups is 2. The zero-order chi connectivity index (χ0) is 13.9. The van der Waals surface area contributed by atoms with Gasteiger partial charge in [-0.2, -0.15) is 0 Å². The van der Waals surface area contributed by atoms with Crippen LogP contribution < -0.4 is 10.6 Å². The number of amides is 3. The summed E-state index contributed by atoms with van der Waals surface area (Å²) in [5.41, 5.74) is -0.335. The molecule has 1 fully saturated rings. The number of hydrogen-bond donors (Lipinski definition) is 2. The van der Waals surface area contributed by atoms with Crippen LogP contribution in [-0.2, 0) is 4.79 Å². The number of carbonyl (C=O) groups excluding carboxylic acids is 2. The zero-order valence-corrected chi connectivity index (χ0v) is 12.0. The van der Waals surface area contributed by atoms with Gasteiger partial charge in [0.15, 0.2) is 0 Å². The Hall–Kier alpha value is -1.10. The predicted molar refractivity (Wildman–Crippen MR) is 71.3 cm³/mol. The van der Waals surface area contributed by atoms with Crippen molar-refractivity contribution in [2.75, 3.05) is 6.54 Å². The Bertz CT molecular complexity index is 315. The topological polar surface area (TPSA) is 61.4 Å². The third kappa shape index (κ3) is 5.49. The van der Waals surface area contributed by atoms with E-state index in [0.29, 0.717) is 18.6 Å². The van der Waals surface area contributed by atoms with E-state index in [1.807, 2.05) is 20.8 Å². The number of nitrogens with one attached hydrogen (secondary N) is 2. The summed E-state index contributed by atoms with van der Waals surface area (Å²) < 4.78 is 0. The van der Waals surface area contributed by atoms with Gasteiger partial charge in [0.1, 0.15) is 0 Å². The van der Waals surface area contributed by atoms with Crippen LogP contribution in [0.4, 0.5) is 4.79 Å². The summed E-state index contributed by atoms with van der Waals surface area (Å²) in [5.74, 6) is -0.239. The first kappa shape index (κ1) is 15.0. The molecule has 0 atom stereocenters. The minimum absolute atomic E-state index is 0.239. The molecule has 104 valence electrons. The second-order valence-electron chi connectivity index (χ2n) is 6.25. The highest BCUT2D eigenvalue weighted by atomic mass is 16.2. The lowest BCUT2D eigenvalue weighted by Gasteiger charge is -2.26. The fourth-order valence-electron chi connectivity index (χ4n) is 1.84. The first-order valence-electron chi connectivity index (χ1n) is 6.57. The molecule has 3 amide bonds. The van der Waals surface area contributed by atoms with Crippen molar-refractivity contribution in [2.45, 2.75) is 65.1 Å². The van der Waals surface area contributed by atoms with E-state index in [-0.39, 0.29) is 11.4 Å². The summed E-state index contributed by atoms with van der Waals surface area (Å²) in [5, 5.41) is 5.08. The number of rotatable bonds is 4. The predicted octanol–water partition coefficient (Wildman–Crippen LogP) is 1.48. The van der Waals surface area contributed by atoms with Crippen LogP contribution in [0.3, 0.4) is 0 Å². The third-order valence-electron chi connectivity index (χ3n) is 2.75. The summed E-state index contributed by atoms with van der Waals surface area (Å²) in [6.45, 7) is 10.1. The van der Waals surface area contributed by atoms with Gasteiger partial charge in [0.25, 0.3) is 0 Å². The van der Waals surface area contributed by atoms with Crippen LogP contribution in [0.15, 0.2) is 0 Å². The Kier molecular flexibility index (Phi) is 4.73. The summed E-state index contributed by atoms with van der Waals surface area (Å²) in [6, 6.07) is 0.419. The molecule has 0 saturated heterocycles. The zero-order valence-electron chi connectivity index (χ0n) is 12.0. The second kappa shape index (κ2) is 5.69. The largest absolute Gasteiger partial charge is 0.333 e. The van der Waals surface area contributed by atoms with E-state index in [1.165, 1.54) is 0 Å². The normalized spacial score (nSPS) is 15.9. The van der Waals surface area contributed by atoms with Crippen LogP contribution in [0.1, 0.15) is 47.5 Å². The van der Waals surface area contributed by atoms with E-state index in [1.54, 1.807) is 0 Å². The molecule has 18 heavy (non-hydrogen) atoms. The van der Waals surface area contributed by atoms with Crippen molar-refractivity contribution in [1.29, 1.82) is 0 Å². The van der Waals surface area contributed by atoms with Crippen LogP contribution in [0, 0.1) is 0 Å². The Morgan fingerprint density at radius 1 is 1.28 bits per heavy atom. The molecule has 0 unspecified atom stereocenters. The lowest BCUT2D eigenvalue weighted by atomic mass is 10.1. The molecule has 0 aromatic heterocycles. The highest BCUT2D eigenvalue weighted by Gasteiger charge is 2.32. The average Bonchev–Trinajstić information content (AvgIpc) is 2.92. The van der Waals surface area contributed by atoms with Gasteiger partial charge in [-0.15, -0.1) is 0 Å². The molecule has 0 radical (unpaired) electrons. The molecule has 2 N–H and O–H groups in total. The number of urea groups is 1. The molecular weight excluding hydrogens is 230 g/mol. The summed E-state index contributed by atoms with van der Waals surface area (Å²) >= 11 is 0. The Balaban J connectivity index is 2.38. The van der Waals surface area contributed by atoms with Crippen molar-refractivity contribution in [3.8, 4) is 0 Å². The van der Waals surface area contributed by atoms with Crippen molar-refractivity contribution >= 4 is 11.9 Å². The number of imide groups is 1. The maximum atomic E-state index is 11.8. The molecule has 1 saturated carbocycles. The van der Waals surface area contributed by atoms with Gasteiger partial charge in [0.05, 0.1) is 6.54 Å². The lowest BCUT2D eigenvalue weighted by molar-refractivity contribution is -0.121. The van der Waals surface area contributed by atoms with Crippen LogP contribution in [-0.4, -0.2) is 41.0 Å². The Morgan fingerprint density at radius 2 is 1.83 bits per heavy atom. The summed E-state index contributed by atoms with van der Waals surface area (Å²) in [7, 11) is 0. The average molecular weight is 255 g/mol. The van der Waals surface area contributed by atoms with Crippen LogP contribution in [0.5, 0.6) is 0 Å². The molecular formula is C13H25N3O2. The van der Waals surface area contributed by atoms with E-state index < -0.39 is 6.03 Å². The standard InChI is InChI=1S/C13H25N3O2/c1-9(2)16(10-6-7-10)8-11(17)14-12(18)15-13(3,4)5/h9-10H,6-8H2,1-5H3,(H2,14,15,17,18). The summed E-state index contributed by atoms with van der Waals surface area (Å²) in [6.07, 6.45) is 2.30. The maximum Gasteiger partial charge on any atom is 0.321 e. The van der Waals surface area contributed by atoms with Crippen molar-refractivity contribution in [1.82, 2.24) is 15.5 Å². The molecule has 0 bridgehead atoms. The fourth-order valence-corrected chi connectivity index (χ4v) is 1.84. The van der Waals surface area contributed by atoms with Gasteiger partial charge in [0.2, 0.25) is 5.91 Å². The Morgan fingerprint density at radius 3 is 2.22 bits per heavy atom. The number of hydrogen-bond acceptors (Lipinski definition) is 3. The molecule has 0 aromatic carbocycles. The van der Waals surface area contributed by atoms with Gasteiger partial charge in [-0.3, -0.25) is 15.0 Å².